The molecule has 0 radical (unpaired) electrons. The Labute approximate surface area is 238 Å². The van der Waals surface area contributed by atoms with Gasteiger partial charge in [0.25, 0.3) is 0 Å². The first kappa shape index (κ1) is 28.7. The molecule has 3 aliphatic heterocycles. The predicted octanol–water partition coefficient (Wildman–Crippen LogP) is 4.36. The van der Waals surface area contributed by atoms with Crippen molar-refractivity contribution in [1.82, 2.24) is 10.2 Å². The first-order chi connectivity index (χ1) is 19.6. The number of benzene rings is 2. The molecule has 40 heavy (non-hydrogen) atoms. The van der Waals surface area contributed by atoms with Crippen LogP contribution in [0, 0.1) is 0 Å². The highest BCUT2D eigenvalue weighted by atomic mass is 16.5. The minimum Gasteiger partial charge on any atom is -0.497 e. The maximum Gasteiger partial charge on any atom is 0.222 e. The number of fused-ring (bicyclic) bond motifs is 1. The van der Waals surface area contributed by atoms with Crippen molar-refractivity contribution in [2.75, 3.05) is 58.5 Å². The van der Waals surface area contributed by atoms with Gasteiger partial charge in [-0.3, -0.25) is 4.79 Å². The van der Waals surface area contributed by atoms with Crippen molar-refractivity contribution >= 4 is 11.6 Å². The van der Waals surface area contributed by atoms with Gasteiger partial charge in [-0.15, -0.1) is 0 Å². The quantitative estimate of drug-likeness (QED) is 0.393. The summed E-state index contributed by atoms with van der Waals surface area (Å²) in [5.74, 6) is 2.35. The largest absolute Gasteiger partial charge is 0.497 e. The molecule has 2 aromatic carbocycles. The Hall–Kier alpha value is -2.81. The first-order valence-electron chi connectivity index (χ1n) is 14.8. The van der Waals surface area contributed by atoms with Crippen LogP contribution in [0.3, 0.4) is 0 Å². The van der Waals surface area contributed by atoms with Crippen LogP contribution < -0.4 is 19.7 Å². The number of amides is 1. The zero-order chi connectivity index (χ0) is 27.9. The van der Waals surface area contributed by atoms with Gasteiger partial charge in [-0.05, 0) is 68.0 Å². The van der Waals surface area contributed by atoms with Gasteiger partial charge in [0.1, 0.15) is 18.1 Å². The molecule has 1 unspecified atom stereocenters. The Morgan fingerprint density at radius 1 is 1.12 bits per heavy atom. The van der Waals surface area contributed by atoms with E-state index in [9.17, 15) is 4.79 Å². The molecule has 0 bridgehead atoms. The summed E-state index contributed by atoms with van der Waals surface area (Å²) in [5, 5.41) is 3.75. The van der Waals surface area contributed by atoms with Crippen molar-refractivity contribution in [3.05, 3.63) is 53.6 Å². The number of hydrogen-bond acceptors (Lipinski definition) is 7. The summed E-state index contributed by atoms with van der Waals surface area (Å²) in [6.45, 7) is 7.69. The van der Waals surface area contributed by atoms with Gasteiger partial charge in [0.05, 0.1) is 32.1 Å². The minimum atomic E-state index is 0.0402. The average Bonchev–Trinajstić information content (AvgIpc) is 3.42. The minimum absolute atomic E-state index is 0.0402. The lowest BCUT2D eigenvalue weighted by Gasteiger charge is -2.39. The maximum atomic E-state index is 12.3. The molecule has 8 nitrogen and oxygen atoms in total. The van der Waals surface area contributed by atoms with E-state index in [1.165, 1.54) is 5.56 Å². The lowest BCUT2D eigenvalue weighted by Crippen LogP contribution is -2.49. The Kier molecular flexibility index (Phi) is 9.83. The lowest BCUT2D eigenvalue weighted by atomic mass is 9.82. The van der Waals surface area contributed by atoms with Crippen molar-refractivity contribution in [2.45, 2.75) is 69.7 Å². The number of anilines is 1. The molecule has 2 saturated heterocycles. The molecule has 2 aromatic rings. The number of likely N-dealkylation sites (tertiary alicyclic amines) is 1. The summed E-state index contributed by atoms with van der Waals surface area (Å²) < 4.78 is 23.3. The molecule has 5 rings (SSSR count). The zero-order valence-corrected chi connectivity index (χ0v) is 24.3. The third kappa shape index (κ3) is 6.90. The van der Waals surface area contributed by atoms with E-state index in [0.717, 1.165) is 81.2 Å². The van der Waals surface area contributed by atoms with E-state index >= 15 is 0 Å². The van der Waals surface area contributed by atoms with Gasteiger partial charge in [-0.2, -0.15) is 0 Å². The molecule has 0 aliphatic carbocycles. The maximum absolute atomic E-state index is 12.3. The number of rotatable bonds is 12. The number of hydrogen-bond donors (Lipinski definition) is 1. The molecule has 4 atom stereocenters. The zero-order valence-electron chi connectivity index (χ0n) is 24.3. The van der Waals surface area contributed by atoms with E-state index < -0.39 is 0 Å². The molecule has 8 heteroatoms. The lowest BCUT2D eigenvalue weighted by molar-refractivity contribution is -0.129. The molecule has 3 heterocycles. The van der Waals surface area contributed by atoms with Crippen molar-refractivity contribution in [3.63, 3.8) is 0 Å². The fourth-order valence-corrected chi connectivity index (χ4v) is 6.44. The monoisotopic (exact) mass is 551 g/mol. The van der Waals surface area contributed by atoms with E-state index in [1.807, 2.05) is 12.1 Å². The summed E-state index contributed by atoms with van der Waals surface area (Å²) in [6, 6.07) is 15.4. The SMILES string of the molecule is COCCCN1CCOc2ccc(CO[C@H]3CN[C@@H](CC(C)N4CCCC4=O)C[C@@H]3c3ccc(OC)cc3)cc21. The van der Waals surface area contributed by atoms with Crippen molar-refractivity contribution in [1.29, 1.82) is 0 Å². The van der Waals surface area contributed by atoms with E-state index in [2.05, 4.69) is 52.4 Å². The Balaban J connectivity index is 1.26. The standard InChI is InChI=1S/C32H45N3O5/c1-23(35-14-4-6-32(35)36)18-26-20-28(25-8-10-27(38-3)11-9-25)31(21-33-26)40-22-24-7-12-30-29(19-24)34(15-17-39-30)13-5-16-37-2/h7-12,19,23,26,28,31,33H,4-6,13-18,20-22H2,1-3H3/t23?,26-,28+,31-/m0/s1. The van der Waals surface area contributed by atoms with Crippen molar-refractivity contribution in [2.24, 2.45) is 0 Å². The van der Waals surface area contributed by atoms with Gasteiger partial charge in [0, 0.05) is 57.8 Å². The highest BCUT2D eigenvalue weighted by molar-refractivity contribution is 5.78. The fraction of sp³-hybridized carbons (Fsp3) is 0.594. The van der Waals surface area contributed by atoms with E-state index in [1.54, 1.807) is 14.2 Å². The van der Waals surface area contributed by atoms with Crippen molar-refractivity contribution in [3.8, 4) is 11.5 Å². The molecule has 1 N–H and O–H groups in total. The Morgan fingerprint density at radius 2 is 1.98 bits per heavy atom. The van der Waals surface area contributed by atoms with Crippen LogP contribution in [0.15, 0.2) is 42.5 Å². The molecule has 1 amide bonds. The average molecular weight is 552 g/mol. The number of methoxy groups -OCH3 is 2. The topological polar surface area (TPSA) is 72.5 Å². The van der Waals surface area contributed by atoms with Crippen LogP contribution in [-0.4, -0.2) is 82.6 Å². The van der Waals surface area contributed by atoms with Crippen molar-refractivity contribution < 1.29 is 23.7 Å². The third-order valence-corrected chi connectivity index (χ3v) is 8.63. The highest BCUT2D eigenvalue weighted by Crippen LogP contribution is 2.36. The van der Waals surface area contributed by atoms with E-state index in [4.69, 9.17) is 18.9 Å². The van der Waals surface area contributed by atoms with Gasteiger partial charge in [-0.1, -0.05) is 18.2 Å². The second kappa shape index (κ2) is 13.7. The molecule has 0 saturated carbocycles. The second-order valence-electron chi connectivity index (χ2n) is 11.3. The number of nitrogens with one attached hydrogen (secondary N) is 1. The van der Waals surface area contributed by atoms with Gasteiger partial charge < -0.3 is 34.1 Å². The van der Waals surface area contributed by atoms with Crippen LogP contribution in [0.1, 0.15) is 56.1 Å². The molecule has 3 aliphatic rings. The normalized spacial score (nSPS) is 23.6. The van der Waals surface area contributed by atoms with E-state index in [-0.39, 0.29) is 18.1 Å². The molecule has 0 spiro atoms. The number of piperidine rings is 1. The number of nitrogens with zero attached hydrogens (tertiary/aromatic N) is 2. The van der Waals surface area contributed by atoms with Gasteiger partial charge in [0.2, 0.25) is 5.91 Å². The summed E-state index contributed by atoms with van der Waals surface area (Å²) in [4.78, 5) is 16.8. The van der Waals surface area contributed by atoms with Gasteiger partial charge in [0.15, 0.2) is 0 Å². The van der Waals surface area contributed by atoms with Gasteiger partial charge >= 0.3 is 0 Å². The molecule has 2 fully saturated rings. The third-order valence-electron chi connectivity index (χ3n) is 8.63. The van der Waals surface area contributed by atoms with E-state index in [0.29, 0.717) is 31.6 Å². The molecular formula is C32H45N3O5. The fourth-order valence-electron chi connectivity index (χ4n) is 6.44. The Bertz CT molecular complexity index is 1110. The van der Waals surface area contributed by atoms with Crippen LogP contribution in [0.2, 0.25) is 0 Å². The summed E-state index contributed by atoms with van der Waals surface area (Å²) in [7, 11) is 3.45. The highest BCUT2D eigenvalue weighted by Gasteiger charge is 2.35. The van der Waals surface area contributed by atoms with Crippen LogP contribution in [-0.2, 0) is 20.9 Å². The first-order valence-corrected chi connectivity index (χ1v) is 14.8. The summed E-state index contributed by atoms with van der Waals surface area (Å²) >= 11 is 0. The summed E-state index contributed by atoms with van der Waals surface area (Å²) in [6.07, 6.45) is 4.61. The van der Waals surface area contributed by atoms with Crippen LogP contribution in [0.25, 0.3) is 0 Å². The predicted molar refractivity (Wildman–Crippen MR) is 156 cm³/mol. The second-order valence-corrected chi connectivity index (χ2v) is 11.3. The van der Waals surface area contributed by atoms with Crippen LogP contribution >= 0.6 is 0 Å². The smallest absolute Gasteiger partial charge is 0.222 e. The Morgan fingerprint density at radius 3 is 2.73 bits per heavy atom. The number of carbonyl (C=O) groups excluding carboxylic acids is 1. The van der Waals surface area contributed by atoms with Gasteiger partial charge in [-0.25, -0.2) is 0 Å². The summed E-state index contributed by atoms with van der Waals surface area (Å²) in [5.41, 5.74) is 3.56. The van der Waals surface area contributed by atoms with Crippen LogP contribution in [0.5, 0.6) is 11.5 Å². The molecular weight excluding hydrogens is 506 g/mol. The number of carbonyl (C=O) groups is 1. The molecule has 0 aromatic heterocycles. The molecule has 218 valence electrons. The number of ether oxygens (including phenoxy) is 4. The van der Waals surface area contributed by atoms with Crippen LogP contribution in [0.4, 0.5) is 5.69 Å².